The van der Waals surface area contributed by atoms with Gasteiger partial charge in [0.25, 0.3) is 5.91 Å². The number of primary amides is 1. The number of nitrogens with zero attached hydrogens (tertiary/aromatic N) is 2. The van der Waals surface area contributed by atoms with Gasteiger partial charge in [0.1, 0.15) is 5.76 Å². The summed E-state index contributed by atoms with van der Waals surface area (Å²) in [4.78, 5) is 28.9. The highest BCUT2D eigenvalue weighted by Crippen LogP contribution is 2.20. The number of carbonyl (C=O) groups is 2. The fourth-order valence-electron chi connectivity index (χ4n) is 2.82. The normalized spacial score (nSPS) is 16.1. The molecule has 1 saturated heterocycles. The minimum Gasteiger partial charge on any atom is -0.454 e. The number of nitrogens with two attached hydrogens (primary N) is 1. The van der Waals surface area contributed by atoms with Crippen molar-refractivity contribution in [2.24, 2.45) is 16.6 Å². The van der Waals surface area contributed by atoms with E-state index in [-0.39, 0.29) is 11.7 Å². The van der Waals surface area contributed by atoms with Crippen LogP contribution in [-0.2, 0) is 11.3 Å². The summed E-state index contributed by atoms with van der Waals surface area (Å²) in [6.07, 6.45) is 2.50. The van der Waals surface area contributed by atoms with E-state index in [2.05, 4.69) is 20.5 Å². The van der Waals surface area contributed by atoms with Crippen molar-refractivity contribution in [1.29, 1.82) is 0 Å². The summed E-state index contributed by atoms with van der Waals surface area (Å²) in [5, 5.41) is 5.90. The first-order valence-electron chi connectivity index (χ1n) is 8.08. The minimum absolute atomic E-state index is 0.0963. The summed E-state index contributed by atoms with van der Waals surface area (Å²) < 4.78 is 5.35. The number of furan rings is 1. The van der Waals surface area contributed by atoms with Crippen molar-refractivity contribution in [2.75, 3.05) is 27.2 Å². The zero-order valence-electron chi connectivity index (χ0n) is 14.2. The molecule has 1 aromatic rings. The smallest absolute Gasteiger partial charge is 0.284 e. The Bertz CT molecular complexity index is 603. The van der Waals surface area contributed by atoms with Gasteiger partial charge in [0.2, 0.25) is 5.91 Å². The lowest BCUT2D eigenvalue weighted by atomic mass is 9.93. The summed E-state index contributed by atoms with van der Waals surface area (Å²) >= 11 is 0. The van der Waals surface area contributed by atoms with E-state index in [1.165, 1.54) is 0 Å². The number of carbonyl (C=O) groups excluding carboxylic acids is 2. The number of piperidine rings is 1. The predicted octanol–water partition coefficient (Wildman–Crippen LogP) is 0.302. The van der Waals surface area contributed by atoms with Crippen molar-refractivity contribution in [2.45, 2.75) is 25.8 Å². The van der Waals surface area contributed by atoms with Gasteiger partial charge in [-0.25, -0.2) is 0 Å². The number of rotatable bonds is 5. The lowest BCUT2D eigenvalue weighted by Gasteiger charge is -2.33. The molecule has 0 saturated carbocycles. The third-order valence-corrected chi connectivity index (χ3v) is 4.20. The highest BCUT2D eigenvalue weighted by atomic mass is 16.3. The van der Waals surface area contributed by atoms with E-state index in [1.807, 2.05) is 0 Å². The van der Waals surface area contributed by atoms with E-state index in [0.717, 1.165) is 31.9 Å². The lowest BCUT2D eigenvalue weighted by Crippen LogP contribution is -2.45. The number of likely N-dealkylation sites (tertiary alicyclic amines) is 1. The van der Waals surface area contributed by atoms with Crippen molar-refractivity contribution >= 4 is 17.8 Å². The first-order valence-corrected chi connectivity index (χ1v) is 8.08. The van der Waals surface area contributed by atoms with Crippen LogP contribution in [0.25, 0.3) is 0 Å². The van der Waals surface area contributed by atoms with Gasteiger partial charge in [-0.3, -0.25) is 14.6 Å². The molecule has 1 aliphatic heterocycles. The van der Waals surface area contributed by atoms with Gasteiger partial charge in [-0.15, -0.1) is 0 Å². The number of guanidine groups is 1. The first-order chi connectivity index (χ1) is 11.5. The summed E-state index contributed by atoms with van der Waals surface area (Å²) in [5.74, 6) is 1.49. The van der Waals surface area contributed by atoms with Crippen LogP contribution in [0.4, 0.5) is 0 Å². The largest absolute Gasteiger partial charge is 0.454 e. The molecule has 0 bridgehead atoms. The zero-order valence-corrected chi connectivity index (χ0v) is 14.2. The highest BCUT2D eigenvalue weighted by Gasteiger charge is 2.23. The van der Waals surface area contributed by atoms with Gasteiger partial charge in [-0.05, 0) is 30.9 Å². The van der Waals surface area contributed by atoms with Gasteiger partial charge in [-0.1, -0.05) is 0 Å². The SMILES string of the molecule is CN=C(NCc1ccc(C(N)=O)o1)N1CCC(CC(=O)NC)CC1. The molecule has 2 rings (SSSR count). The molecule has 1 fully saturated rings. The quantitative estimate of drug-likeness (QED) is 0.529. The van der Waals surface area contributed by atoms with Gasteiger partial charge < -0.3 is 25.7 Å². The number of amides is 2. The first kappa shape index (κ1) is 17.8. The average Bonchev–Trinajstić information content (AvgIpc) is 3.06. The van der Waals surface area contributed by atoms with Gasteiger partial charge in [0.05, 0.1) is 6.54 Å². The van der Waals surface area contributed by atoms with Crippen LogP contribution in [0.5, 0.6) is 0 Å². The third-order valence-electron chi connectivity index (χ3n) is 4.20. The molecule has 2 heterocycles. The molecular weight excluding hydrogens is 310 g/mol. The van der Waals surface area contributed by atoms with Gasteiger partial charge >= 0.3 is 0 Å². The second-order valence-corrected chi connectivity index (χ2v) is 5.84. The van der Waals surface area contributed by atoms with E-state index in [4.69, 9.17) is 10.2 Å². The lowest BCUT2D eigenvalue weighted by molar-refractivity contribution is -0.121. The van der Waals surface area contributed by atoms with E-state index in [1.54, 1.807) is 26.2 Å². The Morgan fingerprint density at radius 3 is 2.62 bits per heavy atom. The van der Waals surface area contributed by atoms with Crippen molar-refractivity contribution in [1.82, 2.24) is 15.5 Å². The molecule has 2 amide bonds. The van der Waals surface area contributed by atoms with Crippen molar-refractivity contribution in [3.63, 3.8) is 0 Å². The topological polar surface area (TPSA) is 113 Å². The Balaban J connectivity index is 1.82. The molecule has 1 aromatic heterocycles. The maximum absolute atomic E-state index is 11.5. The van der Waals surface area contributed by atoms with Crippen LogP contribution in [0.1, 0.15) is 35.6 Å². The Labute approximate surface area is 141 Å². The Morgan fingerprint density at radius 1 is 1.38 bits per heavy atom. The molecule has 24 heavy (non-hydrogen) atoms. The monoisotopic (exact) mass is 335 g/mol. The second-order valence-electron chi connectivity index (χ2n) is 5.84. The van der Waals surface area contributed by atoms with Crippen molar-refractivity contribution in [3.8, 4) is 0 Å². The molecule has 0 radical (unpaired) electrons. The Kier molecular flexibility index (Phi) is 6.22. The maximum Gasteiger partial charge on any atom is 0.284 e. The summed E-state index contributed by atoms with van der Waals surface area (Å²) in [5.41, 5.74) is 5.17. The zero-order chi connectivity index (χ0) is 17.5. The molecule has 0 unspecified atom stereocenters. The third kappa shape index (κ3) is 4.74. The summed E-state index contributed by atoms with van der Waals surface area (Å²) in [7, 11) is 3.40. The van der Waals surface area contributed by atoms with Crippen LogP contribution < -0.4 is 16.4 Å². The van der Waals surface area contributed by atoms with Crippen LogP contribution >= 0.6 is 0 Å². The minimum atomic E-state index is -0.580. The van der Waals surface area contributed by atoms with Crippen LogP contribution in [0.3, 0.4) is 0 Å². The van der Waals surface area contributed by atoms with Gasteiger partial charge in [0.15, 0.2) is 11.7 Å². The van der Waals surface area contributed by atoms with E-state index >= 15 is 0 Å². The van der Waals surface area contributed by atoms with Gasteiger partial charge in [-0.2, -0.15) is 0 Å². The van der Waals surface area contributed by atoms with Crippen LogP contribution in [-0.4, -0.2) is 49.9 Å². The van der Waals surface area contributed by atoms with Crippen molar-refractivity contribution < 1.29 is 14.0 Å². The molecule has 0 aliphatic carbocycles. The molecular formula is C16H25N5O3. The van der Waals surface area contributed by atoms with Crippen molar-refractivity contribution in [3.05, 3.63) is 23.7 Å². The summed E-state index contributed by atoms with van der Waals surface area (Å²) in [6, 6.07) is 3.28. The van der Waals surface area contributed by atoms with E-state index < -0.39 is 5.91 Å². The molecule has 0 aromatic carbocycles. The molecule has 4 N–H and O–H groups in total. The molecule has 132 valence electrons. The molecule has 1 aliphatic rings. The Morgan fingerprint density at radius 2 is 2.08 bits per heavy atom. The number of hydrogen-bond donors (Lipinski definition) is 3. The predicted molar refractivity (Wildman–Crippen MR) is 90.4 cm³/mol. The molecule has 0 spiro atoms. The average molecular weight is 335 g/mol. The van der Waals surface area contributed by atoms with E-state index in [0.29, 0.717) is 24.6 Å². The molecule has 0 atom stereocenters. The fourth-order valence-corrected chi connectivity index (χ4v) is 2.82. The molecule has 8 nitrogen and oxygen atoms in total. The Hall–Kier alpha value is -2.51. The summed E-state index contributed by atoms with van der Waals surface area (Å²) in [6.45, 7) is 2.14. The number of nitrogens with one attached hydrogen (secondary N) is 2. The van der Waals surface area contributed by atoms with E-state index in [9.17, 15) is 9.59 Å². The number of hydrogen-bond acceptors (Lipinski definition) is 4. The van der Waals surface area contributed by atoms with Crippen LogP contribution in [0.2, 0.25) is 0 Å². The second kappa shape index (κ2) is 8.37. The fraction of sp³-hybridized carbons (Fsp3) is 0.562. The van der Waals surface area contributed by atoms with Crippen LogP contribution in [0, 0.1) is 5.92 Å². The standard InChI is InChI=1S/C16H25N5O3/c1-18-14(22)9-11-5-7-21(8-6-11)16(19-2)20-10-12-3-4-13(24-12)15(17)23/h3-4,11H,5-10H2,1-2H3,(H2,17,23)(H,18,22)(H,19,20). The van der Waals surface area contributed by atoms with Crippen LogP contribution in [0.15, 0.2) is 21.5 Å². The number of aliphatic imine (C=N–C) groups is 1. The maximum atomic E-state index is 11.5. The highest BCUT2D eigenvalue weighted by molar-refractivity contribution is 5.89. The van der Waals surface area contributed by atoms with Gasteiger partial charge in [0, 0.05) is 33.6 Å². The molecule has 8 heteroatoms.